The van der Waals surface area contributed by atoms with Crippen molar-refractivity contribution in [1.29, 1.82) is 0 Å². The van der Waals surface area contributed by atoms with E-state index in [1.165, 1.54) is 20.3 Å². The summed E-state index contributed by atoms with van der Waals surface area (Å²) in [4.78, 5) is 27.1. The molecule has 31 heavy (non-hydrogen) atoms. The van der Waals surface area contributed by atoms with Gasteiger partial charge in [0.2, 0.25) is 5.91 Å². The Kier molecular flexibility index (Phi) is 7.58. The Balaban J connectivity index is 1.58. The minimum atomic E-state index is -0.0961. The lowest BCUT2D eigenvalue weighted by molar-refractivity contribution is -0.127. The molecule has 1 fully saturated rings. The molecule has 7 heteroatoms. The Morgan fingerprint density at radius 1 is 1.00 bits per heavy atom. The van der Waals surface area contributed by atoms with Crippen molar-refractivity contribution < 1.29 is 23.8 Å². The number of rotatable bonds is 7. The summed E-state index contributed by atoms with van der Waals surface area (Å²) in [5.41, 5.74) is 1.41. The van der Waals surface area contributed by atoms with Crippen LogP contribution in [0.25, 0.3) is 6.08 Å². The monoisotopic (exact) mass is 443 g/mol. The number of likely N-dealkylation sites (tertiary alicyclic amines) is 1. The molecule has 0 spiro atoms. The molecule has 0 saturated carbocycles. The third-order valence-corrected chi connectivity index (χ3v) is 5.71. The van der Waals surface area contributed by atoms with E-state index in [9.17, 15) is 9.59 Å². The number of hydrogen-bond donors (Lipinski definition) is 0. The van der Waals surface area contributed by atoms with E-state index in [-0.39, 0.29) is 17.6 Å². The number of benzene rings is 2. The van der Waals surface area contributed by atoms with E-state index in [1.54, 1.807) is 54.5 Å². The van der Waals surface area contributed by atoms with Gasteiger partial charge in [-0.25, -0.2) is 0 Å². The van der Waals surface area contributed by atoms with Crippen LogP contribution in [0.4, 0.5) is 0 Å². The molecular weight excluding hydrogens is 418 g/mol. The first-order valence-electron chi connectivity index (χ1n) is 10.0. The highest BCUT2D eigenvalue weighted by molar-refractivity contribution is 6.32. The van der Waals surface area contributed by atoms with Crippen LogP contribution in [0.5, 0.6) is 17.2 Å². The minimum Gasteiger partial charge on any atom is -0.497 e. The van der Waals surface area contributed by atoms with E-state index >= 15 is 0 Å². The summed E-state index contributed by atoms with van der Waals surface area (Å²) < 4.78 is 15.7. The van der Waals surface area contributed by atoms with Crippen LogP contribution in [0, 0.1) is 5.92 Å². The van der Waals surface area contributed by atoms with Gasteiger partial charge in [-0.05, 0) is 60.9 Å². The highest BCUT2D eigenvalue weighted by atomic mass is 35.5. The van der Waals surface area contributed by atoms with Gasteiger partial charge in [0.1, 0.15) is 5.75 Å². The topological polar surface area (TPSA) is 65.1 Å². The first kappa shape index (κ1) is 22.7. The van der Waals surface area contributed by atoms with Gasteiger partial charge in [0, 0.05) is 30.6 Å². The molecule has 3 rings (SSSR count). The van der Waals surface area contributed by atoms with Crippen molar-refractivity contribution in [3.8, 4) is 17.2 Å². The maximum absolute atomic E-state index is 12.7. The number of ether oxygens (including phenoxy) is 3. The predicted octanol–water partition coefficient (Wildman–Crippen LogP) is 4.50. The Bertz CT molecular complexity index is 963. The smallest absolute Gasteiger partial charge is 0.246 e. The summed E-state index contributed by atoms with van der Waals surface area (Å²) in [6.45, 7) is 1.09. The molecule has 1 heterocycles. The number of methoxy groups -OCH3 is 3. The van der Waals surface area contributed by atoms with Gasteiger partial charge in [0.05, 0.1) is 26.4 Å². The molecule has 1 amide bonds. The van der Waals surface area contributed by atoms with Crippen LogP contribution in [-0.4, -0.2) is 51.0 Å². The standard InChI is InChI=1S/C24H26ClNO5/c1-29-19-7-5-17(6-8-19)23(28)18-10-12-26(13-11-18)22(27)9-4-16-14-20(25)24(31-3)21(15-16)30-2/h4-9,14-15,18H,10-13H2,1-3H3. The van der Waals surface area contributed by atoms with E-state index in [1.807, 2.05) is 0 Å². The van der Waals surface area contributed by atoms with Crippen LogP contribution in [0.3, 0.4) is 0 Å². The van der Waals surface area contributed by atoms with Gasteiger partial charge in [-0.15, -0.1) is 0 Å². The molecular formula is C24H26ClNO5. The second-order valence-corrected chi connectivity index (χ2v) is 7.67. The number of halogens is 1. The van der Waals surface area contributed by atoms with Crippen molar-refractivity contribution in [3.05, 3.63) is 58.6 Å². The fraction of sp³-hybridized carbons (Fsp3) is 0.333. The predicted molar refractivity (Wildman–Crippen MR) is 120 cm³/mol. The average Bonchev–Trinajstić information content (AvgIpc) is 2.81. The molecule has 1 aliphatic rings. The van der Waals surface area contributed by atoms with Crippen molar-refractivity contribution in [2.24, 2.45) is 5.92 Å². The molecule has 0 unspecified atom stereocenters. The summed E-state index contributed by atoms with van der Waals surface area (Å²) in [6, 6.07) is 10.6. The van der Waals surface area contributed by atoms with Crippen LogP contribution in [-0.2, 0) is 4.79 Å². The molecule has 0 radical (unpaired) electrons. The molecule has 2 aromatic rings. The van der Waals surface area contributed by atoms with E-state index in [0.717, 1.165) is 11.3 Å². The number of ketones is 1. The van der Waals surface area contributed by atoms with Crippen molar-refractivity contribution >= 4 is 29.4 Å². The van der Waals surface area contributed by atoms with E-state index < -0.39 is 0 Å². The fourth-order valence-electron chi connectivity index (χ4n) is 3.66. The molecule has 6 nitrogen and oxygen atoms in total. The summed E-state index contributed by atoms with van der Waals surface area (Å²) in [6.07, 6.45) is 4.51. The second-order valence-electron chi connectivity index (χ2n) is 7.26. The van der Waals surface area contributed by atoms with Crippen LogP contribution in [0.1, 0.15) is 28.8 Å². The van der Waals surface area contributed by atoms with Gasteiger partial charge >= 0.3 is 0 Å². The number of piperidine rings is 1. The fourth-order valence-corrected chi connectivity index (χ4v) is 3.96. The van der Waals surface area contributed by atoms with Gasteiger partial charge in [-0.1, -0.05) is 11.6 Å². The summed E-state index contributed by atoms with van der Waals surface area (Å²) >= 11 is 6.22. The van der Waals surface area contributed by atoms with Gasteiger partial charge in [-0.3, -0.25) is 9.59 Å². The molecule has 1 saturated heterocycles. The second kappa shape index (κ2) is 10.4. The number of amides is 1. The number of Topliss-reactive ketones (excluding diaryl/α,β-unsaturated/α-hetero) is 1. The summed E-state index contributed by atoms with van der Waals surface area (Å²) in [5.74, 6) is 1.62. The number of carbonyl (C=O) groups is 2. The zero-order chi connectivity index (χ0) is 22.4. The van der Waals surface area contributed by atoms with Crippen molar-refractivity contribution in [1.82, 2.24) is 4.90 Å². The first-order valence-corrected chi connectivity index (χ1v) is 10.4. The lowest BCUT2D eigenvalue weighted by atomic mass is 9.89. The molecule has 0 bridgehead atoms. The van der Waals surface area contributed by atoms with Gasteiger partial charge in [0.15, 0.2) is 17.3 Å². The Morgan fingerprint density at radius 3 is 2.26 bits per heavy atom. The SMILES string of the molecule is COc1ccc(C(=O)C2CCN(C(=O)C=Cc3cc(Cl)c(OC)c(OC)c3)CC2)cc1. The number of carbonyl (C=O) groups excluding carboxylic acids is 2. The van der Waals surface area contributed by atoms with E-state index in [2.05, 4.69) is 0 Å². The van der Waals surface area contributed by atoms with Crippen LogP contribution in [0.15, 0.2) is 42.5 Å². The van der Waals surface area contributed by atoms with Crippen LogP contribution in [0.2, 0.25) is 5.02 Å². The van der Waals surface area contributed by atoms with Crippen molar-refractivity contribution in [2.45, 2.75) is 12.8 Å². The summed E-state index contributed by atoms with van der Waals surface area (Å²) in [5, 5.41) is 0.409. The number of hydrogen-bond acceptors (Lipinski definition) is 5. The Labute approximate surface area is 187 Å². The Hall–Kier alpha value is -2.99. The third kappa shape index (κ3) is 5.39. The van der Waals surface area contributed by atoms with Crippen LogP contribution >= 0.6 is 11.6 Å². The molecule has 0 N–H and O–H groups in total. The Morgan fingerprint density at radius 2 is 1.68 bits per heavy atom. The quantitative estimate of drug-likeness (QED) is 0.465. The van der Waals surface area contributed by atoms with Crippen molar-refractivity contribution in [3.63, 3.8) is 0 Å². The molecule has 0 aromatic heterocycles. The lowest BCUT2D eigenvalue weighted by Gasteiger charge is -2.30. The van der Waals surface area contributed by atoms with E-state index in [0.29, 0.717) is 48.0 Å². The zero-order valence-electron chi connectivity index (χ0n) is 17.9. The maximum Gasteiger partial charge on any atom is 0.246 e. The largest absolute Gasteiger partial charge is 0.497 e. The van der Waals surface area contributed by atoms with Crippen LogP contribution < -0.4 is 14.2 Å². The van der Waals surface area contributed by atoms with Gasteiger partial charge in [0.25, 0.3) is 0 Å². The highest BCUT2D eigenvalue weighted by Crippen LogP contribution is 2.36. The lowest BCUT2D eigenvalue weighted by Crippen LogP contribution is -2.39. The van der Waals surface area contributed by atoms with Crippen molar-refractivity contribution in [2.75, 3.05) is 34.4 Å². The van der Waals surface area contributed by atoms with Gasteiger partial charge in [-0.2, -0.15) is 0 Å². The summed E-state index contributed by atoms with van der Waals surface area (Å²) in [7, 11) is 4.65. The molecule has 0 aliphatic carbocycles. The normalized spacial score (nSPS) is 14.5. The zero-order valence-corrected chi connectivity index (χ0v) is 18.6. The number of nitrogens with zero attached hydrogens (tertiary/aromatic N) is 1. The third-order valence-electron chi connectivity index (χ3n) is 5.43. The van der Waals surface area contributed by atoms with E-state index in [4.69, 9.17) is 25.8 Å². The highest BCUT2D eigenvalue weighted by Gasteiger charge is 2.27. The first-order chi connectivity index (χ1) is 15.0. The molecule has 0 atom stereocenters. The van der Waals surface area contributed by atoms with Gasteiger partial charge < -0.3 is 19.1 Å². The molecule has 164 valence electrons. The average molecular weight is 444 g/mol. The maximum atomic E-state index is 12.7. The molecule has 1 aliphatic heterocycles. The minimum absolute atomic E-state index is 0.0777. The molecule has 2 aromatic carbocycles.